The van der Waals surface area contributed by atoms with Crippen LogP contribution in [-0.4, -0.2) is 28.8 Å². The van der Waals surface area contributed by atoms with Crippen molar-refractivity contribution in [3.8, 4) is 0 Å². The van der Waals surface area contributed by atoms with Crippen LogP contribution in [0.5, 0.6) is 0 Å². The number of amides is 2. The molecule has 3 aromatic carbocycles. The molecule has 2 amide bonds. The first-order chi connectivity index (χ1) is 14.1. The molecule has 0 saturated carbocycles. The summed E-state index contributed by atoms with van der Waals surface area (Å²) in [7, 11) is 1.87. The van der Waals surface area contributed by atoms with Crippen LogP contribution in [-0.2, 0) is 6.54 Å². The third-order valence-corrected chi connectivity index (χ3v) is 5.73. The number of halogens is 1. The largest absolute Gasteiger partial charge is 0.353 e. The second-order valence-corrected chi connectivity index (χ2v) is 7.34. The van der Waals surface area contributed by atoms with Crippen molar-refractivity contribution in [1.82, 2.24) is 20.6 Å². The molecule has 0 spiro atoms. The van der Waals surface area contributed by atoms with Crippen LogP contribution in [0.15, 0.2) is 36.4 Å². The lowest BCUT2D eigenvalue weighted by molar-refractivity contribution is 0.0880. The van der Waals surface area contributed by atoms with Gasteiger partial charge in [0.15, 0.2) is 0 Å². The number of carbonyl (C=O) groups is 2. The van der Waals surface area contributed by atoms with Crippen LogP contribution in [0.3, 0.4) is 0 Å². The molecule has 0 saturated heterocycles. The normalized spacial score (nSPS) is 13.9. The van der Waals surface area contributed by atoms with Gasteiger partial charge in [0.05, 0.1) is 27.7 Å². The van der Waals surface area contributed by atoms with Gasteiger partial charge in [0.1, 0.15) is 5.82 Å². The molecule has 4 N–H and O–H groups in total. The molecule has 0 bridgehead atoms. The van der Waals surface area contributed by atoms with Crippen molar-refractivity contribution in [2.75, 3.05) is 7.05 Å². The smallest absolute Gasteiger partial charge is 0.259 e. The van der Waals surface area contributed by atoms with E-state index in [9.17, 15) is 14.0 Å². The highest BCUT2D eigenvalue weighted by Crippen LogP contribution is 2.42. The van der Waals surface area contributed by atoms with E-state index in [0.29, 0.717) is 44.9 Å². The Morgan fingerprint density at radius 2 is 1.62 bits per heavy atom. The number of rotatable bonds is 2. The highest BCUT2D eigenvalue weighted by molar-refractivity contribution is 6.39. The first-order valence-corrected chi connectivity index (χ1v) is 9.29. The molecular formula is C22H15FN4O2. The number of para-hydroxylation sites is 1. The van der Waals surface area contributed by atoms with Gasteiger partial charge >= 0.3 is 0 Å². The van der Waals surface area contributed by atoms with E-state index in [-0.39, 0.29) is 5.82 Å². The second kappa shape index (κ2) is 5.42. The van der Waals surface area contributed by atoms with Gasteiger partial charge < -0.3 is 15.3 Å². The Kier molecular flexibility index (Phi) is 3.04. The van der Waals surface area contributed by atoms with Gasteiger partial charge in [-0.1, -0.05) is 18.2 Å². The predicted molar refractivity (Wildman–Crippen MR) is 110 cm³/mol. The van der Waals surface area contributed by atoms with E-state index in [2.05, 4.69) is 20.6 Å². The average molecular weight is 386 g/mol. The van der Waals surface area contributed by atoms with Crippen molar-refractivity contribution in [1.29, 1.82) is 0 Å². The number of benzene rings is 3. The van der Waals surface area contributed by atoms with Gasteiger partial charge in [-0.2, -0.15) is 0 Å². The zero-order valence-electron chi connectivity index (χ0n) is 15.4. The van der Waals surface area contributed by atoms with E-state index in [1.165, 1.54) is 12.1 Å². The van der Waals surface area contributed by atoms with Gasteiger partial charge in [0.25, 0.3) is 11.8 Å². The van der Waals surface area contributed by atoms with E-state index >= 15 is 0 Å². The summed E-state index contributed by atoms with van der Waals surface area (Å²) in [4.78, 5) is 32.2. The van der Waals surface area contributed by atoms with Gasteiger partial charge in [-0.3, -0.25) is 14.9 Å². The fourth-order valence-electron chi connectivity index (χ4n) is 4.61. The zero-order chi connectivity index (χ0) is 19.9. The third-order valence-electron chi connectivity index (χ3n) is 5.73. The predicted octanol–water partition coefficient (Wildman–Crippen LogP) is 3.70. The monoisotopic (exact) mass is 386 g/mol. The maximum atomic E-state index is 13.8. The lowest BCUT2D eigenvalue weighted by Crippen LogP contribution is -2.20. The first kappa shape index (κ1) is 16.3. The summed E-state index contributed by atoms with van der Waals surface area (Å²) in [6.45, 7) is 0.651. The van der Waals surface area contributed by atoms with Crippen molar-refractivity contribution in [2.45, 2.75) is 6.54 Å². The molecule has 1 aliphatic heterocycles. The number of aromatic amines is 2. The number of hydrogen-bond donors (Lipinski definition) is 4. The number of H-pyrrole nitrogens is 2. The molecule has 3 heterocycles. The quantitative estimate of drug-likeness (QED) is 0.349. The van der Waals surface area contributed by atoms with Gasteiger partial charge in [-0.05, 0) is 30.8 Å². The Morgan fingerprint density at radius 1 is 0.897 bits per heavy atom. The Bertz CT molecular complexity index is 1540. The lowest BCUT2D eigenvalue weighted by atomic mass is 9.96. The van der Waals surface area contributed by atoms with E-state index < -0.39 is 11.8 Å². The molecule has 1 aliphatic rings. The van der Waals surface area contributed by atoms with Crippen LogP contribution in [0.1, 0.15) is 26.3 Å². The molecule has 0 fully saturated rings. The third kappa shape index (κ3) is 1.97. The maximum Gasteiger partial charge on any atom is 0.259 e. The van der Waals surface area contributed by atoms with Crippen LogP contribution >= 0.6 is 0 Å². The van der Waals surface area contributed by atoms with Gasteiger partial charge in [0.2, 0.25) is 0 Å². The summed E-state index contributed by atoms with van der Waals surface area (Å²) in [5, 5.41) is 8.50. The maximum absolute atomic E-state index is 13.8. The van der Waals surface area contributed by atoms with Crippen molar-refractivity contribution < 1.29 is 14.0 Å². The van der Waals surface area contributed by atoms with Crippen LogP contribution in [0.2, 0.25) is 0 Å². The number of carbonyl (C=O) groups excluding carboxylic acids is 2. The highest BCUT2D eigenvalue weighted by Gasteiger charge is 2.34. The van der Waals surface area contributed by atoms with E-state index in [1.54, 1.807) is 6.07 Å². The Balaban J connectivity index is 1.92. The molecule has 0 unspecified atom stereocenters. The van der Waals surface area contributed by atoms with Crippen LogP contribution < -0.4 is 10.6 Å². The molecule has 0 atom stereocenters. The van der Waals surface area contributed by atoms with Crippen molar-refractivity contribution in [2.24, 2.45) is 0 Å². The average Bonchev–Trinajstić information content (AvgIpc) is 3.33. The number of nitrogens with one attached hydrogen (secondary N) is 4. The molecule has 7 heteroatoms. The lowest BCUT2D eigenvalue weighted by Gasteiger charge is -2.03. The first-order valence-electron chi connectivity index (χ1n) is 9.29. The fourth-order valence-corrected chi connectivity index (χ4v) is 4.61. The summed E-state index contributed by atoms with van der Waals surface area (Å²) in [5.74, 6) is -1.21. The molecule has 5 aromatic rings. The molecule has 6 rings (SSSR count). The Hall–Kier alpha value is -3.71. The summed E-state index contributed by atoms with van der Waals surface area (Å²) in [5.41, 5.74) is 4.68. The van der Waals surface area contributed by atoms with Crippen molar-refractivity contribution >= 4 is 55.4 Å². The summed E-state index contributed by atoms with van der Waals surface area (Å²) < 4.78 is 13.8. The molecule has 2 aromatic heterocycles. The Labute approximate surface area is 163 Å². The minimum absolute atomic E-state index is 0.343. The molecule has 0 aliphatic carbocycles. The van der Waals surface area contributed by atoms with Crippen molar-refractivity contribution in [3.05, 3.63) is 58.9 Å². The molecule has 142 valence electrons. The fraction of sp³-hybridized carbons (Fsp3) is 0.0909. The van der Waals surface area contributed by atoms with E-state index in [0.717, 1.165) is 22.0 Å². The van der Waals surface area contributed by atoms with Crippen LogP contribution in [0.4, 0.5) is 4.39 Å². The van der Waals surface area contributed by atoms with Gasteiger partial charge in [-0.25, -0.2) is 4.39 Å². The topological polar surface area (TPSA) is 89.8 Å². The number of aromatic nitrogens is 2. The highest BCUT2D eigenvalue weighted by atomic mass is 19.1. The van der Waals surface area contributed by atoms with Crippen LogP contribution in [0.25, 0.3) is 43.6 Å². The minimum Gasteiger partial charge on any atom is -0.353 e. The molecular weight excluding hydrogens is 371 g/mol. The van der Waals surface area contributed by atoms with E-state index in [1.807, 2.05) is 25.2 Å². The Morgan fingerprint density at radius 3 is 2.38 bits per heavy atom. The van der Waals surface area contributed by atoms with E-state index in [4.69, 9.17) is 0 Å². The van der Waals surface area contributed by atoms with Crippen LogP contribution in [0, 0.1) is 5.82 Å². The number of imide groups is 1. The molecule has 0 radical (unpaired) electrons. The molecule has 29 heavy (non-hydrogen) atoms. The van der Waals surface area contributed by atoms with Crippen molar-refractivity contribution in [3.63, 3.8) is 0 Å². The summed E-state index contributed by atoms with van der Waals surface area (Å²) >= 11 is 0. The standard InChI is InChI=1S/C22H15FN4O2/c1-24-8-9-3-2-4-12-15-17-16(21(28)27-22(17)29)14-11-6-5-10(23)7-13(11)25-19(14)20(15)26-18(9)12/h2-7,24-26H,8H2,1H3,(H,27,28,29). The summed E-state index contributed by atoms with van der Waals surface area (Å²) in [6, 6.07) is 10.3. The number of fused-ring (bicyclic) bond motifs is 10. The minimum atomic E-state index is -0.428. The molecule has 6 nitrogen and oxygen atoms in total. The number of hydrogen-bond acceptors (Lipinski definition) is 3. The second-order valence-electron chi connectivity index (χ2n) is 7.34. The van der Waals surface area contributed by atoms with Gasteiger partial charge in [0, 0.05) is 33.6 Å². The van der Waals surface area contributed by atoms with Gasteiger partial charge in [-0.15, -0.1) is 0 Å². The zero-order valence-corrected chi connectivity index (χ0v) is 15.4. The summed E-state index contributed by atoms with van der Waals surface area (Å²) in [6.07, 6.45) is 0. The SMILES string of the molecule is CNCc1cccc2c1[nH]c1c3[nH]c4cc(F)ccc4c3c3c(c21)C(=O)NC3=O.